The Morgan fingerprint density at radius 3 is 2.56 bits per heavy atom. The third-order valence-electron chi connectivity index (χ3n) is 2.65. The summed E-state index contributed by atoms with van der Waals surface area (Å²) in [6.45, 7) is 3.68. The standard InChI is InChI=1S/C12H17NO3/c1-7-4-5-8(2)11(14)9(7)6-10(13)12(15)16-3/h4-5,10,14H,6,13H2,1-3H3. The van der Waals surface area contributed by atoms with Crippen molar-refractivity contribution in [3.63, 3.8) is 0 Å². The number of carbonyl (C=O) groups is 1. The number of benzene rings is 1. The molecule has 0 radical (unpaired) electrons. The zero-order valence-corrected chi connectivity index (χ0v) is 9.78. The fourth-order valence-corrected chi connectivity index (χ4v) is 1.57. The van der Waals surface area contributed by atoms with Crippen LogP contribution in [0.5, 0.6) is 5.75 Å². The van der Waals surface area contributed by atoms with E-state index in [-0.39, 0.29) is 12.2 Å². The summed E-state index contributed by atoms with van der Waals surface area (Å²) >= 11 is 0. The van der Waals surface area contributed by atoms with Crippen LogP contribution in [0.1, 0.15) is 16.7 Å². The average molecular weight is 223 g/mol. The van der Waals surface area contributed by atoms with Crippen LogP contribution in [0.25, 0.3) is 0 Å². The van der Waals surface area contributed by atoms with Gasteiger partial charge in [0.1, 0.15) is 11.8 Å². The maximum atomic E-state index is 11.2. The first kappa shape index (κ1) is 12.5. The first-order valence-corrected chi connectivity index (χ1v) is 5.08. The molecule has 0 heterocycles. The van der Waals surface area contributed by atoms with E-state index in [0.29, 0.717) is 5.56 Å². The molecular weight excluding hydrogens is 206 g/mol. The lowest BCUT2D eigenvalue weighted by Crippen LogP contribution is -2.33. The van der Waals surface area contributed by atoms with Gasteiger partial charge in [0.25, 0.3) is 0 Å². The second-order valence-electron chi connectivity index (χ2n) is 3.86. The van der Waals surface area contributed by atoms with Gasteiger partial charge in [0.2, 0.25) is 0 Å². The summed E-state index contributed by atoms with van der Waals surface area (Å²) in [5, 5.41) is 9.87. The summed E-state index contributed by atoms with van der Waals surface area (Å²) in [7, 11) is 1.30. The van der Waals surface area contributed by atoms with Crippen LogP contribution in [0.4, 0.5) is 0 Å². The van der Waals surface area contributed by atoms with Gasteiger partial charge in [-0.05, 0) is 30.5 Å². The molecule has 1 unspecified atom stereocenters. The molecule has 1 aromatic rings. The number of rotatable bonds is 3. The maximum absolute atomic E-state index is 11.2. The van der Waals surface area contributed by atoms with Gasteiger partial charge in [0.15, 0.2) is 0 Å². The number of ether oxygens (including phenoxy) is 1. The van der Waals surface area contributed by atoms with Crippen LogP contribution in [0, 0.1) is 13.8 Å². The van der Waals surface area contributed by atoms with E-state index in [1.807, 2.05) is 26.0 Å². The number of carbonyl (C=O) groups excluding carboxylic acids is 1. The van der Waals surface area contributed by atoms with Gasteiger partial charge in [-0.15, -0.1) is 0 Å². The lowest BCUT2D eigenvalue weighted by molar-refractivity contribution is -0.142. The molecule has 0 amide bonds. The van der Waals surface area contributed by atoms with Crippen molar-refractivity contribution in [2.45, 2.75) is 26.3 Å². The SMILES string of the molecule is COC(=O)C(N)Cc1c(C)ccc(C)c1O. The Labute approximate surface area is 95.0 Å². The number of phenolic OH excluding ortho intramolecular Hbond substituents is 1. The first-order chi connectivity index (χ1) is 7.47. The molecule has 0 fully saturated rings. The molecule has 1 atom stereocenters. The van der Waals surface area contributed by atoms with Crippen molar-refractivity contribution in [1.82, 2.24) is 0 Å². The molecule has 1 aromatic carbocycles. The molecule has 3 N–H and O–H groups in total. The van der Waals surface area contributed by atoms with Crippen molar-refractivity contribution in [3.05, 3.63) is 28.8 Å². The lowest BCUT2D eigenvalue weighted by Gasteiger charge is -2.14. The van der Waals surface area contributed by atoms with Crippen molar-refractivity contribution < 1.29 is 14.6 Å². The van der Waals surface area contributed by atoms with Crippen molar-refractivity contribution in [3.8, 4) is 5.75 Å². The van der Waals surface area contributed by atoms with Gasteiger partial charge in [0.05, 0.1) is 7.11 Å². The van der Waals surface area contributed by atoms with Gasteiger partial charge in [-0.2, -0.15) is 0 Å². The second-order valence-corrected chi connectivity index (χ2v) is 3.86. The van der Waals surface area contributed by atoms with Crippen LogP contribution in [0.15, 0.2) is 12.1 Å². The number of aryl methyl sites for hydroxylation is 2. The van der Waals surface area contributed by atoms with Crippen molar-refractivity contribution in [1.29, 1.82) is 0 Å². The van der Waals surface area contributed by atoms with Gasteiger partial charge in [-0.3, -0.25) is 4.79 Å². The summed E-state index contributed by atoms with van der Waals surface area (Å²) < 4.78 is 4.55. The fraction of sp³-hybridized carbons (Fsp3) is 0.417. The Morgan fingerprint density at radius 1 is 1.44 bits per heavy atom. The quantitative estimate of drug-likeness (QED) is 0.751. The van der Waals surface area contributed by atoms with Crippen molar-refractivity contribution >= 4 is 5.97 Å². The molecule has 16 heavy (non-hydrogen) atoms. The highest BCUT2D eigenvalue weighted by molar-refractivity contribution is 5.76. The average Bonchev–Trinajstić information content (AvgIpc) is 2.28. The van der Waals surface area contributed by atoms with Crippen LogP contribution in [-0.4, -0.2) is 24.2 Å². The monoisotopic (exact) mass is 223 g/mol. The van der Waals surface area contributed by atoms with E-state index < -0.39 is 12.0 Å². The molecule has 0 aliphatic heterocycles. The van der Waals surface area contributed by atoms with E-state index in [0.717, 1.165) is 11.1 Å². The molecule has 0 bridgehead atoms. The third-order valence-corrected chi connectivity index (χ3v) is 2.65. The molecule has 0 aliphatic carbocycles. The third kappa shape index (κ3) is 2.52. The fourth-order valence-electron chi connectivity index (χ4n) is 1.57. The van der Waals surface area contributed by atoms with Gasteiger partial charge in [0, 0.05) is 6.42 Å². The highest BCUT2D eigenvalue weighted by Crippen LogP contribution is 2.26. The van der Waals surface area contributed by atoms with E-state index in [9.17, 15) is 9.90 Å². The van der Waals surface area contributed by atoms with Gasteiger partial charge < -0.3 is 15.6 Å². The zero-order chi connectivity index (χ0) is 12.3. The molecule has 4 heteroatoms. The normalized spacial score (nSPS) is 12.2. The molecule has 0 saturated carbocycles. The first-order valence-electron chi connectivity index (χ1n) is 5.08. The van der Waals surface area contributed by atoms with Crippen LogP contribution in [0.3, 0.4) is 0 Å². The van der Waals surface area contributed by atoms with E-state index >= 15 is 0 Å². The molecular formula is C12H17NO3. The summed E-state index contributed by atoms with van der Waals surface area (Å²) in [6.07, 6.45) is 0.284. The summed E-state index contributed by atoms with van der Waals surface area (Å²) in [5.74, 6) is -0.264. The molecule has 0 spiro atoms. The van der Waals surface area contributed by atoms with E-state index in [4.69, 9.17) is 5.73 Å². The molecule has 4 nitrogen and oxygen atoms in total. The largest absolute Gasteiger partial charge is 0.507 e. The minimum Gasteiger partial charge on any atom is -0.507 e. The Kier molecular flexibility index (Phi) is 3.90. The molecule has 1 rings (SSSR count). The Bertz CT molecular complexity index is 401. The highest BCUT2D eigenvalue weighted by Gasteiger charge is 2.18. The summed E-state index contributed by atoms with van der Waals surface area (Å²) in [6, 6.07) is 2.99. The highest BCUT2D eigenvalue weighted by atomic mass is 16.5. The lowest BCUT2D eigenvalue weighted by atomic mass is 9.98. The topological polar surface area (TPSA) is 72.5 Å². The van der Waals surface area contributed by atoms with Gasteiger partial charge in [-0.1, -0.05) is 12.1 Å². The Balaban J connectivity index is 2.97. The summed E-state index contributed by atoms with van der Waals surface area (Å²) in [4.78, 5) is 11.2. The molecule has 0 aromatic heterocycles. The van der Waals surface area contributed by atoms with Gasteiger partial charge in [-0.25, -0.2) is 0 Å². The predicted molar refractivity (Wildman–Crippen MR) is 61.3 cm³/mol. The number of hydrogen-bond donors (Lipinski definition) is 2. The minimum atomic E-state index is -0.739. The minimum absolute atomic E-state index is 0.208. The Morgan fingerprint density at radius 2 is 2.00 bits per heavy atom. The molecule has 88 valence electrons. The second kappa shape index (κ2) is 4.99. The van der Waals surface area contributed by atoms with Crippen LogP contribution in [-0.2, 0) is 16.0 Å². The zero-order valence-electron chi connectivity index (χ0n) is 9.78. The number of phenols is 1. The predicted octanol–water partition coefficient (Wildman–Crippen LogP) is 1.05. The van der Waals surface area contributed by atoms with Crippen LogP contribution >= 0.6 is 0 Å². The van der Waals surface area contributed by atoms with E-state index in [1.165, 1.54) is 7.11 Å². The van der Waals surface area contributed by atoms with Crippen LogP contribution in [0.2, 0.25) is 0 Å². The van der Waals surface area contributed by atoms with Crippen molar-refractivity contribution in [2.24, 2.45) is 5.73 Å². The smallest absolute Gasteiger partial charge is 0.322 e. The van der Waals surface area contributed by atoms with Crippen LogP contribution < -0.4 is 5.73 Å². The number of aromatic hydroxyl groups is 1. The van der Waals surface area contributed by atoms with E-state index in [1.54, 1.807) is 0 Å². The number of esters is 1. The number of nitrogens with two attached hydrogens (primary N) is 1. The number of hydrogen-bond acceptors (Lipinski definition) is 4. The Hall–Kier alpha value is -1.55. The number of methoxy groups -OCH3 is 1. The summed E-state index contributed by atoms with van der Waals surface area (Å²) in [5.41, 5.74) is 8.06. The molecule has 0 saturated heterocycles. The maximum Gasteiger partial charge on any atom is 0.322 e. The van der Waals surface area contributed by atoms with Crippen molar-refractivity contribution in [2.75, 3.05) is 7.11 Å². The van der Waals surface area contributed by atoms with E-state index in [2.05, 4.69) is 4.74 Å². The molecule has 0 aliphatic rings. The van der Waals surface area contributed by atoms with Gasteiger partial charge >= 0.3 is 5.97 Å².